The molecule has 0 aliphatic carbocycles. The largest absolute Gasteiger partial charge is 0.490 e. The first kappa shape index (κ1) is 59.6. The van der Waals surface area contributed by atoms with Crippen molar-refractivity contribution in [3.05, 3.63) is 56.2 Å². The molecule has 0 bridgehead atoms. The minimum absolute atomic E-state index is 0.231. The molecule has 0 atom stereocenters. The molecule has 376 valence electrons. The number of hydrogen-bond donors (Lipinski definition) is 2. The van der Waals surface area contributed by atoms with Crippen LogP contribution in [0.5, 0.6) is 17.2 Å². The van der Waals surface area contributed by atoms with Crippen LogP contribution in [0.15, 0.2) is 50.7 Å². The fourth-order valence-corrected chi connectivity index (χ4v) is 7.64. The van der Waals surface area contributed by atoms with Crippen LogP contribution in [0.1, 0.15) is 203 Å². The van der Waals surface area contributed by atoms with Gasteiger partial charge in [-0.1, -0.05) is 155 Å². The molecule has 1 aromatic rings. The number of carbonyl (C=O) groups excluding carboxylic acids is 4. The fourth-order valence-electron chi connectivity index (χ4n) is 7.28. The summed E-state index contributed by atoms with van der Waals surface area (Å²) in [6.07, 6.45) is 32.1. The maximum Gasteiger partial charge on any atom is 0.310 e. The van der Waals surface area contributed by atoms with Crippen molar-refractivity contribution < 1.29 is 60.6 Å². The maximum absolute atomic E-state index is 13.3. The summed E-state index contributed by atoms with van der Waals surface area (Å²) in [5.74, 6) is -0.627. The Morgan fingerprint density at radius 2 is 0.758 bits per heavy atom. The zero-order valence-corrected chi connectivity index (χ0v) is 40.8. The highest BCUT2D eigenvalue weighted by Gasteiger charge is 2.20. The number of benzene rings is 1. The Morgan fingerprint density at radius 1 is 0.470 bits per heavy atom. The zero-order chi connectivity index (χ0) is 48.4. The lowest BCUT2D eigenvalue weighted by molar-refractivity contribution is -0.139. The van der Waals surface area contributed by atoms with Crippen molar-refractivity contribution in [3.63, 3.8) is 0 Å². The van der Waals surface area contributed by atoms with Crippen LogP contribution in [0, 0.1) is 0 Å². The minimum atomic E-state index is -4.26. The lowest BCUT2D eigenvalue weighted by atomic mass is 10.1. The van der Waals surface area contributed by atoms with Crippen molar-refractivity contribution in [1.29, 1.82) is 0 Å². The molecule has 0 radical (unpaired) electrons. The molecule has 2 N–H and O–H groups in total. The van der Waals surface area contributed by atoms with Gasteiger partial charge in [0.25, 0.3) is 16.0 Å². The van der Waals surface area contributed by atoms with Crippen molar-refractivity contribution in [1.82, 2.24) is 5.32 Å². The molecule has 0 unspecified atom stereocenters. The second kappa shape index (κ2) is 40.9. The van der Waals surface area contributed by atoms with Crippen molar-refractivity contribution in [2.45, 2.75) is 193 Å². The highest BCUT2D eigenvalue weighted by atomic mass is 32.2. The van der Waals surface area contributed by atoms with Crippen LogP contribution in [-0.2, 0) is 38.7 Å². The van der Waals surface area contributed by atoms with Crippen LogP contribution in [-0.4, -0.2) is 68.9 Å². The number of rotatable bonds is 46. The van der Waals surface area contributed by atoms with Gasteiger partial charge in [-0.15, -0.1) is 0 Å². The zero-order valence-electron chi connectivity index (χ0n) is 40.0. The Morgan fingerprint density at radius 3 is 1.06 bits per heavy atom. The Balaban J connectivity index is 2.82. The van der Waals surface area contributed by atoms with Gasteiger partial charge in [0.1, 0.15) is 0 Å². The molecule has 0 saturated heterocycles. The van der Waals surface area contributed by atoms with E-state index in [9.17, 15) is 32.1 Å². The van der Waals surface area contributed by atoms with Gasteiger partial charge in [-0.05, 0) is 50.7 Å². The number of nitrogens with one attached hydrogen (secondary N) is 1. The molecule has 0 aromatic heterocycles. The Bertz CT molecular complexity index is 1550. The average Bonchev–Trinajstić information content (AvgIpc) is 3.27. The lowest BCUT2D eigenvalue weighted by Crippen LogP contribution is -2.29. The van der Waals surface area contributed by atoms with Crippen molar-refractivity contribution in [3.8, 4) is 17.2 Å². The van der Waals surface area contributed by atoms with Crippen LogP contribution in [0.25, 0.3) is 0 Å². The third-order valence-electron chi connectivity index (χ3n) is 10.9. The van der Waals surface area contributed by atoms with E-state index in [1.807, 2.05) is 0 Å². The fraction of sp³-hybridized carbons (Fsp3) is 0.686. The first-order chi connectivity index (χ1) is 32.0. The highest BCUT2D eigenvalue weighted by molar-refractivity contribution is 7.85. The summed E-state index contributed by atoms with van der Waals surface area (Å²) in [6.45, 7) is 11.2. The van der Waals surface area contributed by atoms with E-state index in [0.29, 0.717) is 56.3 Å². The Hall–Kier alpha value is -4.37. The molecule has 1 amide bonds. The van der Waals surface area contributed by atoms with E-state index in [2.05, 4.69) is 25.1 Å². The summed E-state index contributed by atoms with van der Waals surface area (Å²) in [7, 11) is -4.26. The van der Waals surface area contributed by atoms with Gasteiger partial charge in [-0.2, -0.15) is 8.42 Å². The van der Waals surface area contributed by atoms with E-state index in [1.165, 1.54) is 18.8 Å². The first-order valence-corrected chi connectivity index (χ1v) is 26.3. The van der Waals surface area contributed by atoms with E-state index in [4.69, 9.17) is 28.4 Å². The van der Waals surface area contributed by atoms with Crippen LogP contribution >= 0.6 is 0 Å². The second-order valence-electron chi connectivity index (χ2n) is 16.7. The summed E-state index contributed by atoms with van der Waals surface area (Å²) in [5.41, 5.74) is 0.231. The highest BCUT2D eigenvalue weighted by Crippen LogP contribution is 2.40. The SMILES string of the molecule is C=COC(=O)CCCCCCCCCCCOc1cc(C(=O)NCCS(=O)(=O)O)cc(OCCCCCCCCCCCC(=O)OC=C)c1OCCCCCCCCCCCC(=O)OC=C. The summed E-state index contributed by atoms with van der Waals surface area (Å²) < 4.78 is 65.2. The topological polar surface area (TPSA) is 190 Å². The lowest BCUT2D eigenvalue weighted by Gasteiger charge is -2.19. The van der Waals surface area contributed by atoms with Gasteiger partial charge in [-0.3, -0.25) is 23.7 Å². The number of carbonyl (C=O) groups is 4. The molecule has 0 aliphatic rings. The molecular weight excluding hydrogens is 867 g/mol. The van der Waals surface area contributed by atoms with Crippen molar-refractivity contribution in [2.75, 3.05) is 32.1 Å². The van der Waals surface area contributed by atoms with E-state index in [-0.39, 0.29) is 30.0 Å². The van der Waals surface area contributed by atoms with Gasteiger partial charge in [0.05, 0.1) is 44.4 Å². The first-order valence-electron chi connectivity index (χ1n) is 24.7. The molecular formula is C51H83NO13S. The monoisotopic (exact) mass is 950 g/mol. The molecule has 1 rings (SSSR count). The van der Waals surface area contributed by atoms with Gasteiger partial charge in [0, 0.05) is 31.4 Å². The van der Waals surface area contributed by atoms with Crippen LogP contribution in [0.4, 0.5) is 0 Å². The van der Waals surface area contributed by atoms with Crippen molar-refractivity contribution in [2.24, 2.45) is 0 Å². The molecule has 66 heavy (non-hydrogen) atoms. The Kier molecular flexibility index (Phi) is 36.9. The molecule has 0 aliphatic heterocycles. The number of hydrogen-bond acceptors (Lipinski definition) is 12. The van der Waals surface area contributed by atoms with Gasteiger partial charge in [-0.25, -0.2) is 0 Å². The van der Waals surface area contributed by atoms with Gasteiger partial charge in [0.2, 0.25) is 5.75 Å². The number of amides is 1. The summed E-state index contributed by atoms with van der Waals surface area (Å²) in [6, 6.07) is 3.22. The predicted molar refractivity (Wildman–Crippen MR) is 259 cm³/mol. The number of unbranched alkanes of at least 4 members (excludes halogenated alkanes) is 24. The van der Waals surface area contributed by atoms with E-state index >= 15 is 0 Å². The molecule has 1 aromatic carbocycles. The predicted octanol–water partition coefficient (Wildman–Crippen LogP) is 12.2. The quantitative estimate of drug-likeness (QED) is 0.0207. The van der Waals surface area contributed by atoms with E-state index < -0.39 is 21.8 Å². The summed E-state index contributed by atoms with van der Waals surface area (Å²) in [4.78, 5) is 47.7. The van der Waals surface area contributed by atoms with Gasteiger partial charge >= 0.3 is 17.9 Å². The van der Waals surface area contributed by atoms with Crippen molar-refractivity contribution >= 4 is 33.9 Å². The normalized spacial score (nSPS) is 11.0. The Labute approximate surface area is 396 Å². The van der Waals surface area contributed by atoms with Crippen LogP contribution < -0.4 is 19.5 Å². The second-order valence-corrected chi connectivity index (χ2v) is 18.2. The summed E-state index contributed by atoms with van der Waals surface area (Å²) in [5, 5.41) is 2.57. The van der Waals surface area contributed by atoms with E-state index in [0.717, 1.165) is 173 Å². The van der Waals surface area contributed by atoms with Gasteiger partial charge in [0.15, 0.2) is 11.5 Å². The summed E-state index contributed by atoms with van der Waals surface area (Å²) >= 11 is 0. The van der Waals surface area contributed by atoms with E-state index in [1.54, 1.807) is 12.1 Å². The minimum Gasteiger partial charge on any atom is -0.490 e. The third kappa shape index (κ3) is 34.9. The van der Waals surface area contributed by atoms with Gasteiger partial charge < -0.3 is 33.7 Å². The molecule has 0 saturated carbocycles. The molecule has 14 nitrogen and oxygen atoms in total. The third-order valence-corrected chi connectivity index (χ3v) is 11.6. The molecule has 15 heteroatoms. The molecule has 0 heterocycles. The number of ether oxygens (including phenoxy) is 6. The van der Waals surface area contributed by atoms with Crippen LogP contribution in [0.2, 0.25) is 0 Å². The average molecular weight is 950 g/mol. The molecule has 0 spiro atoms. The van der Waals surface area contributed by atoms with Crippen LogP contribution in [0.3, 0.4) is 0 Å². The smallest absolute Gasteiger partial charge is 0.310 e. The standard InChI is InChI=1S/C51H83NO13S/c1-4-60-47(53)34-28-22-16-10-7-13-19-25-31-38-63-45-42-44(51(56)52-37-41-66(57,58)59)43-46(64-39-32-26-20-14-8-11-17-23-29-35-48(54)61-5-2)50(45)65-40-33-27-21-15-9-12-18-24-30-36-49(55)62-6-3/h4-6,42-43H,1-3,7-41H2,(H,52,56)(H,57,58,59). The molecule has 0 fully saturated rings. The maximum atomic E-state index is 13.3. The number of esters is 3.